The number of amides is 1. The van der Waals surface area contributed by atoms with E-state index in [1.54, 1.807) is 0 Å². The van der Waals surface area contributed by atoms with Crippen LogP contribution in [0.25, 0.3) is 0 Å². The van der Waals surface area contributed by atoms with Crippen LogP contribution in [0.2, 0.25) is 0 Å². The topological polar surface area (TPSA) is 102 Å². The van der Waals surface area contributed by atoms with Crippen molar-refractivity contribution in [2.45, 2.75) is 70.1 Å². The zero-order valence-electron chi connectivity index (χ0n) is 19.2. The number of carbonyl (C=O) groups is 2. The first-order valence-corrected chi connectivity index (χ1v) is 12.7. The summed E-state index contributed by atoms with van der Waals surface area (Å²) in [7, 11) is -3.78. The summed E-state index contributed by atoms with van der Waals surface area (Å²) in [6.07, 6.45) is 2.72. The Kier molecular flexibility index (Phi) is 7.95. The summed E-state index contributed by atoms with van der Waals surface area (Å²) >= 11 is 0. The molecule has 1 aliphatic heterocycles. The largest absolute Gasteiger partial charge is 0.452 e. The average molecular weight is 467 g/mol. The highest BCUT2D eigenvalue weighted by molar-refractivity contribution is 7.89. The number of morpholine rings is 1. The van der Waals surface area contributed by atoms with Gasteiger partial charge in [0, 0.05) is 19.1 Å². The molecule has 0 spiro atoms. The van der Waals surface area contributed by atoms with Gasteiger partial charge in [0.1, 0.15) is 0 Å². The lowest BCUT2D eigenvalue weighted by molar-refractivity contribution is -0.125. The van der Waals surface area contributed by atoms with Gasteiger partial charge < -0.3 is 14.8 Å². The molecule has 178 valence electrons. The van der Waals surface area contributed by atoms with E-state index in [1.807, 2.05) is 13.8 Å². The van der Waals surface area contributed by atoms with Gasteiger partial charge in [0.25, 0.3) is 5.91 Å². The Morgan fingerprint density at radius 1 is 1.12 bits per heavy atom. The Labute approximate surface area is 190 Å². The predicted molar refractivity (Wildman–Crippen MR) is 120 cm³/mol. The summed E-state index contributed by atoms with van der Waals surface area (Å²) in [6, 6.07) is 5.81. The third-order valence-corrected chi connectivity index (χ3v) is 8.31. The number of nitrogens with zero attached hydrogens (tertiary/aromatic N) is 1. The summed E-state index contributed by atoms with van der Waals surface area (Å²) in [5.74, 6) is -0.162. The van der Waals surface area contributed by atoms with Crippen LogP contribution >= 0.6 is 0 Å². The van der Waals surface area contributed by atoms with E-state index in [2.05, 4.69) is 19.2 Å². The maximum absolute atomic E-state index is 13.1. The van der Waals surface area contributed by atoms with Crippen molar-refractivity contribution in [2.75, 3.05) is 19.7 Å². The van der Waals surface area contributed by atoms with Crippen LogP contribution in [0, 0.1) is 11.8 Å². The van der Waals surface area contributed by atoms with Crippen molar-refractivity contribution in [1.29, 1.82) is 0 Å². The zero-order chi connectivity index (χ0) is 23.5. The molecule has 3 rings (SSSR count). The summed E-state index contributed by atoms with van der Waals surface area (Å²) in [5, 5.41) is 2.96. The second kappa shape index (κ2) is 10.3. The molecule has 0 bridgehead atoms. The molecule has 2 fully saturated rings. The van der Waals surface area contributed by atoms with Crippen molar-refractivity contribution in [3.8, 4) is 0 Å². The lowest BCUT2D eigenvalue weighted by Crippen LogP contribution is -2.48. The predicted octanol–water partition coefficient (Wildman–Crippen LogP) is 2.58. The molecule has 2 aliphatic rings. The maximum atomic E-state index is 13.1. The van der Waals surface area contributed by atoms with E-state index in [9.17, 15) is 18.0 Å². The smallest absolute Gasteiger partial charge is 0.338 e. The Balaban J connectivity index is 1.61. The summed E-state index contributed by atoms with van der Waals surface area (Å²) < 4.78 is 38.2. The molecule has 1 aromatic rings. The van der Waals surface area contributed by atoms with E-state index in [1.165, 1.54) is 28.6 Å². The molecule has 5 atom stereocenters. The van der Waals surface area contributed by atoms with Crippen LogP contribution < -0.4 is 5.32 Å². The van der Waals surface area contributed by atoms with Crippen molar-refractivity contribution < 1.29 is 27.5 Å². The molecule has 9 heteroatoms. The molecule has 32 heavy (non-hydrogen) atoms. The van der Waals surface area contributed by atoms with Gasteiger partial charge in [0.15, 0.2) is 6.61 Å². The number of ether oxygens (including phenoxy) is 2. The van der Waals surface area contributed by atoms with E-state index in [0.29, 0.717) is 11.8 Å². The molecular weight excluding hydrogens is 432 g/mol. The Morgan fingerprint density at radius 3 is 2.50 bits per heavy atom. The third kappa shape index (κ3) is 5.88. The first-order chi connectivity index (χ1) is 15.1. The standard InChI is InChI=1S/C23H34N2O6S/c1-15-7-5-10-21(18(15)4)24-22(26)14-30-23(27)19-8-6-9-20(11-19)32(28,29)25-12-16(2)31-17(3)13-25/h6,8-9,11,15-18,21H,5,7,10,12-14H2,1-4H3,(H,24,26)/t15-,16-,17-,18+,21+/m1/s1. The quantitative estimate of drug-likeness (QED) is 0.647. The Bertz CT molecular complexity index is 924. The lowest BCUT2D eigenvalue weighted by Gasteiger charge is -2.34. The molecule has 0 aromatic heterocycles. The van der Waals surface area contributed by atoms with Crippen molar-refractivity contribution in [3.63, 3.8) is 0 Å². The van der Waals surface area contributed by atoms with Gasteiger partial charge in [-0.2, -0.15) is 4.31 Å². The van der Waals surface area contributed by atoms with E-state index in [4.69, 9.17) is 9.47 Å². The van der Waals surface area contributed by atoms with E-state index in [-0.39, 0.29) is 47.7 Å². The van der Waals surface area contributed by atoms with Gasteiger partial charge in [-0.1, -0.05) is 32.8 Å². The van der Waals surface area contributed by atoms with E-state index < -0.39 is 22.6 Å². The lowest BCUT2D eigenvalue weighted by atomic mass is 9.78. The molecule has 1 saturated heterocycles. The molecule has 1 N–H and O–H groups in total. The van der Waals surface area contributed by atoms with E-state index in [0.717, 1.165) is 19.3 Å². The fourth-order valence-electron chi connectivity index (χ4n) is 4.51. The van der Waals surface area contributed by atoms with Crippen molar-refractivity contribution in [2.24, 2.45) is 11.8 Å². The van der Waals surface area contributed by atoms with Crippen molar-refractivity contribution in [3.05, 3.63) is 29.8 Å². The second-order valence-corrected chi connectivity index (χ2v) is 11.1. The van der Waals surface area contributed by atoms with Gasteiger partial charge in [-0.05, 0) is 50.3 Å². The van der Waals surface area contributed by atoms with Crippen molar-refractivity contribution in [1.82, 2.24) is 9.62 Å². The summed E-state index contributed by atoms with van der Waals surface area (Å²) in [5.41, 5.74) is 0.0906. The summed E-state index contributed by atoms with van der Waals surface area (Å²) in [6.45, 7) is 8.06. The minimum atomic E-state index is -3.78. The van der Waals surface area contributed by atoms with Crippen LogP contribution in [-0.4, -0.2) is 62.5 Å². The van der Waals surface area contributed by atoms with Crippen molar-refractivity contribution >= 4 is 21.9 Å². The average Bonchev–Trinajstić information content (AvgIpc) is 2.74. The molecule has 1 aromatic carbocycles. The molecular formula is C23H34N2O6S. The monoisotopic (exact) mass is 466 g/mol. The first kappa shape index (κ1) is 24.7. The molecule has 1 amide bonds. The minimum Gasteiger partial charge on any atom is -0.452 e. The van der Waals surface area contributed by atoms with Gasteiger partial charge in [-0.15, -0.1) is 0 Å². The molecule has 1 aliphatic carbocycles. The normalized spacial score (nSPS) is 29.3. The second-order valence-electron chi connectivity index (χ2n) is 9.12. The van der Waals surface area contributed by atoms with Crippen LogP contribution in [-0.2, 0) is 24.3 Å². The van der Waals surface area contributed by atoms with Crippen LogP contribution in [0.15, 0.2) is 29.2 Å². The van der Waals surface area contributed by atoms with E-state index >= 15 is 0 Å². The van der Waals surface area contributed by atoms with Gasteiger partial charge in [0.2, 0.25) is 10.0 Å². The first-order valence-electron chi connectivity index (χ1n) is 11.3. The molecule has 1 heterocycles. The number of benzene rings is 1. The summed E-state index contributed by atoms with van der Waals surface area (Å²) in [4.78, 5) is 24.8. The number of carbonyl (C=O) groups excluding carboxylic acids is 2. The number of esters is 1. The van der Waals surface area contributed by atoms with Crippen LogP contribution in [0.4, 0.5) is 0 Å². The number of hydrogen-bond donors (Lipinski definition) is 1. The van der Waals surface area contributed by atoms with Crippen LogP contribution in [0.1, 0.15) is 57.3 Å². The van der Waals surface area contributed by atoms with Crippen LogP contribution in [0.5, 0.6) is 0 Å². The van der Waals surface area contributed by atoms with Gasteiger partial charge in [0.05, 0.1) is 22.7 Å². The zero-order valence-corrected chi connectivity index (χ0v) is 20.1. The van der Waals surface area contributed by atoms with Gasteiger partial charge >= 0.3 is 5.97 Å². The third-order valence-electron chi connectivity index (χ3n) is 6.48. The van der Waals surface area contributed by atoms with Crippen LogP contribution in [0.3, 0.4) is 0 Å². The minimum absolute atomic E-state index is 0.0164. The fraction of sp³-hybridized carbons (Fsp3) is 0.652. The Morgan fingerprint density at radius 2 is 1.81 bits per heavy atom. The van der Waals surface area contributed by atoms with Gasteiger partial charge in [-0.25, -0.2) is 13.2 Å². The number of hydrogen-bond acceptors (Lipinski definition) is 6. The fourth-order valence-corrected chi connectivity index (χ4v) is 6.15. The molecule has 1 saturated carbocycles. The number of sulfonamides is 1. The number of nitrogens with one attached hydrogen (secondary N) is 1. The highest BCUT2D eigenvalue weighted by atomic mass is 32.2. The highest BCUT2D eigenvalue weighted by Gasteiger charge is 2.33. The molecule has 8 nitrogen and oxygen atoms in total. The Hall–Kier alpha value is -1.97. The highest BCUT2D eigenvalue weighted by Crippen LogP contribution is 2.29. The molecule has 0 radical (unpaired) electrons. The molecule has 0 unspecified atom stereocenters. The number of rotatable bonds is 6. The van der Waals surface area contributed by atoms with Gasteiger partial charge in [-0.3, -0.25) is 4.79 Å². The SMILES string of the molecule is C[C@H]1[C@H](C)CCC[C@@H]1NC(=O)COC(=O)c1cccc(S(=O)(=O)N2C[C@@H](C)O[C@H](C)C2)c1. The maximum Gasteiger partial charge on any atom is 0.338 e.